The van der Waals surface area contributed by atoms with Gasteiger partial charge in [-0.25, -0.2) is 0 Å². The van der Waals surface area contributed by atoms with Crippen molar-refractivity contribution >= 4 is 29.2 Å². The molecule has 2 aliphatic rings. The normalized spacial score (nSPS) is 20.4. The molecule has 0 saturated heterocycles. The zero-order chi connectivity index (χ0) is 27.6. The fourth-order valence-corrected chi connectivity index (χ4v) is 26.1. The Hall–Kier alpha value is -0.617. The van der Waals surface area contributed by atoms with Gasteiger partial charge in [-0.15, -0.1) is 0 Å². The van der Waals surface area contributed by atoms with Crippen molar-refractivity contribution in [2.45, 2.75) is 111 Å². The zero-order valence-corrected chi connectivity index (χ0v) is 28.9. The average Bonchev–Trinajstić information content (AvgIpc) is 3.33. The molecular formula is C34H47Cl2Zr. The van der Waals surface area contributed by atoms with Crippen molar-refractivity contribution in [3.05, 3.63) is 79.9 Å². The van der Waals surface area contributed by atoms with Crippen molar-refractivity contribution in [3.8, 4) is 0 Å². The molecule has 37 heavy (non-hydrogen) atoms. The summed E-state index contributed by atoms with van der Waals surface area (Å²) in [5, 5.41) is 0. The van der Waals surface area contributed by atoms with Crippen LogP contribution >= 0.6 is 17.0 Å². The third-order valence-electron chi connectivity index (χ3n) is 9.24. The summed E-state index contributed by atoms with van der Waals surface area (Å²) in [5.74, 6) is 1.85. The number of halogens is 2. The SMILES string of the molecule is C[CH2][Zr]([Cl])([Cl])([CH]1C(C)=Cc2c(C(C)C)cc(C(C)C)cc21)[CH]1C(C)=Cc2c(C(C)C)cc(C(C)C)cc21. The Kier molecular flexibility index (Phi) is 8.01. The van der Waals surface area contributed by atoms with E-state index < -0.39 is 16.4 Å². The molecule has 0 fully saturated rings. The molecule has 0 N–H and O–H groups in total. The molecule has 0 spiro atoms. The van der Waals surface area contributed by atoms with Gasteiger partial charge in [0.2, 0.25) is 0 Å². The molecule has 2 aromatic rings. The van der Waals surface area contributed by atoms with Crippen LogP contribution in [0.1, 0.15) is 152 Å². The van der Waals surface area contributed by atoms with Crippen LogP contribution in [0.25, 0.3) is 12.2 Å². The van der Waals surface area contributed by atoms with E-state index in [1.165, 1.54) is 55.7 Å². The first-order valence-electron chi connectivity index (χ1n) is 14.4. The quantitative estimate of drug-likeness (QED) is 0.290. The van der Waals surface area contributed by atoms with Crippen LogP contribution in [-0.2, 0) is 16.4 Å². The van der Waals surface area contributed by atoms with Gasteiger partial charge in [0.25, 0.3) is 0 Å². The predicted molar refractivity (Wildman–Crippen MR) is 164 cm³/mol. The van der Waals surface area contributed by atoms with E-state index in [1.807, 2.05) is 0 Å². The molecule has 0 bridgehead atoms. The monoisotopic (exact) mass is 615 g/mol. The summed E-state index contributed by atoms with van der Waals surface area (Å²) in [7, 11) is 16.5. The molecule has 0 nitrogen and oxygen atoms in total. The van der Waals surface area contributed by atoms with Gasteiger partial charge in [-0.05, 0) is 0 Å². The van der Waals surface area contributed by atoms with E-state index in [1.54, 1.807) is 0 Å². The Bertz CT molecular complexity index is 1190. The number of benzene rings is 2. The molecule has 201 valence electrons. The first-order valence-corrected chi connectivity index (χ1v) is 25.3. The standard InChI is InChI=1S/2C16H21.C2H5.2ClH.Zr/c2*1-10(2)13-8-14-6-12(5)7-16(14)15(9-13)11(3)4;1-2;;;/h2*6-11H,1-5H3;1H2,2H3;2*1H;/q;;;;;+2/p-2. The first-order chi connectivity index (χ1) is 17.1. The van der Waals surface area contributed by atoms with E-state index in [2.05, 4.69) is 113 Å². The molecule has 0 aromatic heterocycles. The molecular weight excluding hydrogens is 571 g/mol. The summed E-state index contributed by atoms with van der Waals surface area (Å²) in [4.78, 5) is 0. The summed E-state index contributed by atoms with van der Waals surface area (Å²) in [6.07, 6.45) is 4.85. The Morgan fingerprint density at radius 1 is 0.622 bits per heavy atom. The summed E-state index contributed by atoms with van der Waals surface area (Å²) in [6.45, 7) is 25.3. The van der Waals surface area contributed by atoms with Crippen LogP contribution in [0.3, 0.4) is 0 Å². The Labute approximate surface area is 235 Å². The molecule has 2 unspecified atom stereocenters. The number of hydrogen-bond donors (Lipinski definition) is 0. The topological polar surface area (TPSA) is 0 Å². The minimum atomic E-state index is -4.63. The van der Waals surface area contributed by atoms with Crippen LogP contribution in [0, 0.1) is 0 Å². The van der Waals surface area contributed by atoms with Crippen LogP contribution < -0.4 is 0 Å². The Morgan fingerprint density at radius 2 is 0.973 bits per heavy atom. The Balaban J connectivity index is 2.02. The molecule has 0 saturated carbocycles. The molecule has 0 amide bonds. The fraction of sp³-hybridized carbons (Fsp3) is 0.529. The molecule has 3 heteroatoms. The fourth-order valence-electron chi connectivity index (χ4n) is 7.13. The van der Waals surface area contributed by atoms with Gasteiger partial charge in [0.15, 0.2) is 0 Å². The molecule has 2 atom stereocenters. The van der Waals surface area contributed by atoms with E-state index >= 15 is 0 Å². The Morgan fingerprint density at radius 3 is 1.24 bits per heavy atom. The van der Waals surface area contributed by atoms with E-state index in [0.717, 1.165) is 4.13 Å². The summed E-state index contributed by atoms with van der Waals surface area (Å²) in [5.41, 5.74) is 14.0. The van der Waals surface area contributed by atoms with Crippen LogP contribution in [0.5, 0.6) is 0 Å². The molecule has 0 heterocycles. The van der Waals surface area contributed by atoms with E-state index in [9.17, 15) is 0 Å². The van der Waals surface area contributed by atoms with Crippen molar-refractivity contribution in [2.75, 3.05) is 0 Å². The van der Waals surface area contributed by atoms with Gasteiger partial charge >= 0.3 is 237 Å². The van der Waals surface area contributed by atoms with Crippen molar-refractivity contribution in [3.63, 3.8) is 0 Å². The number of hydrogen-bond acceptors (Lipinski definition) is 0. The van der Waals surface area contributed by atoms with E-state index in [4.69, 9.17) is 17.0 Å². The third kappa shape index (κ3) is 4.72. The summed E-state index contributed by atoms with van der Waals surface area (Å²) < 4.78 is 1.12. The van der Waals surface area contributed by atoms with Gasteiger partial charge in [0.1, 0.15) is 0 Å². The summed E-state index contributed by atoms with van der Waals surface area (Å²) in [6, 6.07) is 9.77. The van der Waals surface area contributed by atoms with E-state index in [-0.39, 0.29) is 7.25 Å². The van der Waals surface area contributed by atoms with Crippen molar-refractivity contribution in [2.24, 2.45) is 0 Å². The molecule has 2 aromatic carbocycles. The zero-order valence-electron chi connectivity index (χ0n) is 24.9. The van der Waals surface area contributed by atoms with Gasteiger partial charge in [-0.3, -0.25) is 0 Å². The molecule has 2 aliphatic carbocycles. The molecule has 0 radical (unpaired) electrons. The first kappa shape index (κ1) is 29.4. The van der Waals surface area contributed by atoms with Crippen molar-refractivity contribution in [1.29, 1.82) is 0 Å². The number of fused-ring (bicyclic) bond motifs is 2. The maximum atomic E-state index is 8.26. The van der Waals surface area contributed by atoms with Gasteiger partial charge < -0.3 is 0 Å². The van der Waals surface area contributed by atoms with Crippen molar-refractivity contribution in [1.82, 2.24) is 0 Å². The van der Waals surface area contributed by atoms with Crippen LogP contribution in [0.4, 0.5) is 0 Å². The van der Waals surface area contributed by atoms with Gasteiger partial charge in [-0.1, -0.05) is 0 Å². The molecule has 4 rings (SSSR count). The predicted octanol–water partition coefficient (Wildman–Crippen LogP) is 12.2. The minimum absolute atomic E-state index is 0.130. The summed E-state index contributed by atoms with van der Waals surface area (Å²) >= 11 is -4.63. The number of allylic oxidation sites excluding steroid dienone is 2. The van der Waals surface area contributed by atoms with Crippen LogP contribution in [0.2, 0.25) is 4.13 Å². The number of rotatable bonds is 7. The van der Waals surface area contributed by atoms with E-state index in [0.29, 0.717) is 23.7 Å². The molecule has 0 aliphatic heterocycles. The van der Waals surface area contributed by atoms with Crippen LogP contribution in [-0.4, -0.2) is 0 Å². The second kappa shape index (κ2) is 10.1. The second-order valence-corrected chi connectivity index (χ2v) is 36.1. The maximum absolute atomic E-state index is 8.26. The van der Waals surface area contributed by atoms with Gasteiger partial charge in [0.05, 0.1) is 0 Å². The second-order valence-electron chi connectivity index (χ2n) is 13.2. The van der Waals surface area contributed by atoms with Crippen molar-refractivity contribution < 1.29 is 16.4 Å². The van der Waals surface area contributed by atoms with Gasteiger partial charge in [0, 0.05) is 0 Å². The van der Waals surface area contributed by atoms with Gasteiger partial charge in [-0.2, -0.15) is 0 Å². The van der Waals surface area contributed by atoms with Crippen LogP contribution in [0.15, 0.2) is 35.4 Å². The third-order valence-corrected chi connectivity index (χ3v) is 30.4. The average molecular weight is 618 g/mol.